The first-order chi connectivity index (χ1) is 12.8. The molecule has 150 valence electrons. The molecule has 0 saturated carbocycles. The maximum atomic E-state index is 12.8. The second-order valence-electron chi connectivity index (χ2n) is 7.32. The lowest BCUT2D eigenvalue weighted by Gasteiger charge is -2.22. The van der Waals surface area contributed by atoms with Crippen molar-refractivity contribution in [3.63, 3.8) is 0 Å². The molecule has 0 unspecified atom stereocenters. The number of benzene rings is 1. The third-order valence-electron chi connectivity index (χ3n) is 5.46. The molecule has 1 aromatic heterocycles. The Hall–Kier alpha value is -2.12. The highest BCUT2D eigenvalue weighted by atomic mass is 35.5. The van der Waals surface area contributed by atoms with Crippen molar-refractivity contribution in [3.05, 3.63) is 53.3 Å². The van der Waals surface area contributed by atoms with Crippen LogP contribution in [0.25, 0.3) is 11.1 Å². The molecule has 0 radical (unpaired) electrons. The second kappa shape index (κ2) is 7.37. The zero-order valence-corrected chi connectivity index (χ0v) is 16.1. The number of rotatable bonds is 2. The second-order valence-corrected chi connectivity index (χ2v) is 7.32. The third-order valence-corrected chi connectivity index (χ3v) is 5.46. The number of nitrogens with one attached hydrogen (secondary N) is 2. The summed E-state index contributed by atoms with van der Waals surface area (Å²) in [6.45, 7) is 2.54. The number of aromatic nitrogens is 1. The summed E-state index contributed by atoms with van der Waals surface area (Å²) in [5.74, 6) is 0.0422. The van der Waals surface area contributed by atoms with Gasteiger partial charge in [-0.2, -0.15) is 13.2 Å². The molecule has 4 nitrogen and oxygen atoms in total. The average Bonchev–Trinajstić information content (AvgIpc) is 3.21. The van der Waals surface area contributed by atoms with Gasteiger partial charge in [-0.05, 0) is 61.6 Å². The lowest BCUT2D eigenvalue weighted by atomic mass is 9.96. The van der Waals surface area contributed by atoms with Crippen LogP contribution in [-0.2, 0) is 11.0 Å². The number of pyridine rings is 1. The molecular weight excluding hydrogens is 391 g/mol. The highest BCUT2D eigenvalue weighted by molar-refractivity contribution is 5.88. The summed E-state index contributed by atoms with van der Waals surface area (Å²) in [6.07, 6.45) is -2.02. The van der Waals surface area contributed by atoms with Crippen LogP contribution in [0.1, 0.15) is 42.3 Å². The number of halogens is 4. The minimum Gasteiger partial charge on any atom is -0.354 e. The minimum absolute atomic E-state index is 0. The molecule has 28 heavy (non-hydrogen) atoms. The van der Waals surface area contributed by atoms with Gasteiger partial charge in [0.15, 0.2) is 0 Å². The zero-order valence-electron chi connectivity index (χ0n) is 15.3. The first-order valence-corrected chi connectivity index (χ1v) is 8.99. The number of carbonyl (C=O) groups excluding carboxylic acids is 1. The molecule has 4 rings (SSSR count). The molecule has 2 N–H and O–H groups in total. The van der Waals surface area contributed by atoms with Crippen LogP contribution < -0.4 is 10.6 Å². The third kappa shape index (κ3) is 3.73. The highest BCUT2D eigenvalue weighted by Crippen LogP contribution is 2.38. The van der Waals surface area contributed by atoms with Gasteiger partial charge in [0.1, 0.15) is 5.54 Å². The predicted molar refractivity (Wildman–Crippen MR) is 102 cm³/mol. The first-order valence-electron chi connectivity index (χ1n) is 8.99. The fourth-order valence-electron chi connectivity index (χ4n) is 4.03. The normalized spacial score (nSPS) is 24.3. The Morgan fingerprint density at radius 2 is 1.82 bits per heavy atom. The average molecular weight is 412 g/mol. The summed E-state index contributed by atoms with van der Waals surface area (Å²) < 4.78 is 38.3. The molecule has 0 bridgehead atoms. The number of amides is 1. The summed E-state index contributed by atoms with van der Waals surface area (Å²) >= 11 is 0. The molecule has 2 aromatic rings. The Morgan fingerprint density at radius 3 is 2.43 bits per heavy atom. The van der Waals surface area contributed by atoms with Crippen molar-refractivity contribution in [2.24, 2.45) is 0 Å². The van der Waals surface area contributed by atoms with Gasteiger partial charge < -0.3 is 5.32 Å². The minimum atomic E-state index is -4.35. The van der Waals surface area contributed by atoms with E-state index in [0.29, 0.717) is 12.1 Å². The van der Waals surface area contributed by atoms with Gasteiger partial charge in [0.05, 0.1) is 17.3 Å². The van der Waals surface area contributed by atoms with E-state index in [0.717, 1.165) is 48.3 Å². The summed E-state index contributed by atoms with van der Waals surface area (Å²) in [5, 5.41) is 6.32. The Balaban J connectivity index is 0.00000225. The maximum Gasteiger partial charge on any atom is 0.416 e. The largest absolute Gasteiger partial charge is 0.416 e. The van der Waals surface area contributed by atoms with Gasteiger partial charge in [0.25, 0.3) is 0 Å². The topological polar surface area (TPSA) is 54.0 Å². The smallest absolute Gasteiger partial charge is 0.354 e. The number of carbonyl (C=O) groups is 1. The zero-order chi connectivity index (χ0) is 19.2. The van der Waals surface area contributed by atoms with E-state index in [1.54, 1.807) is 0 Å². The fourth-order valence-corrected chi connectivity index (χ4v) is 4.03. The Labute approximate surface area is 167 Å². The van der Waals surface area contributed by atoms with E-state index in [1.807, 2.05) is 19.1 Å². The molecule has 2 aliphatic heterocycles. The van der Waals surface area contributed by atoms with Crippen LogP contribution in [0.15, 0.2) is 36.4 Å². The van der Waals surface area contributed by atoms with Gasteiger partial charge in [-0.1, -0.05) is 12.1 Å². The monoisotopic (exact) mass is 411 g/mol. The number of alkyl halides is 3. The summed E-state index contributed by atoms with van der Waals surface area (Å²) in [4.78, 5) is 16.8. The van der Waals surface area contributed by atoms with Gasteiger partial charge >= 0.3 is 6.18 Å². The Kier molecular flexibility index (Phi) is 5.42. The van der Waals surface area contributed by atoms with E-state index in [2.05, 4.69) is 15.6 Å². The summed E-state index contributed by atoms with van der Waals surface area (Å²) in [7, 11) is 0. The molecule has 0 aliphatic carbocycles. The molecule has 2 atom stereocenters. The van der Waals surface area contributed by atoms with Crippen LogP contribution in [0.3, 0.4) is 0 Å². The van der Waals surface area contributed by atoms with Gasteiger partial charge in [-0.25, -0.2) is 0 Å². The SMILES string of the molecule is Cc1cc(-c2ccc(C(F)(F)F)cc2)cc([C@@H]2CC[C@]3(CCNC3=O)N2)n1.Cl. The first kappa shape index (κ1) is 20.6. The Morgan fingerprint density at radius 1 is 1.11 bits per heavy atom. The fraction of sp³-hybridized carbons (Fsp3) is 0.400. The van der Waals surface area contributed by atoms with Crippen molar-refractivity contribution in [1.29, 1.82) is 0 Å². The highest BCUT2D eigenvalue weighted by Gasteiger charge is 2.48. The number of hydrogen-bond donors (Lipinski definition) is 2. The van der Waals surface area contributed by atoms with E-state index in [4.69, 9.17) is 0 Å². The lowest BCUT2D eigenvalue weighted by molar-refractivity contribution is -0.137. The number of aryl methyl sites for hydroxylation is 1. The van der Waals surface area contributed by atoms with E-state index in [9.17, 15) is 18.0 Å². The van der Waals surface area contributed by atoms with E-state index >= 15 is 0 Å². The van der Waals surface area contributed by atoms with Crippen molar-refractivity contribution < 1.29 is 18.0 Å². The van der Waals surface area contributed by atoms with Crippen LogP contribution in [-0.4, -0.2) is 23.0 Å². The molecule has 1 aromatic carbocycles. The van der Waals surface area contributed by atoms with Crippen molar-refractivity contribution in [1.82, 2.24) is 15.6 Å². The molecule has 3 heterocycles. The molecule has 1 spiro atoms. The summed E-state index contributed by atoms with van der Waals surface area (Å²) in [5.41, 5.74) is 1.97. The van der Waals surface area contributed by atoms with E-state index in [-0.39, 0.29) is 24.4 Å². The van der Waals surface area contributed by atoms with Crippen LogP contribution in [0.5, 0.6) is 0 Å². The standard InChI is InChI=1S/C20H20F3N3O.ClH/c1-12-10-14(13-2-4-15(5-3-13)20(21,22)23)11-17(25-12)16-6-7-19(26-16)8-9-24-18(19)27;/h2-5,10-11,16,26H,6-9H2,1H3,(H,24,27);1H/t16-,19+;/m0./s1. The van der Waals surface area contributed by atoms with Crippen LogP contribution in [0, 0.1) is 6.92 Å². The van der Waals surface area contributed by atoms with E-state index in [1.165, 1.54) is 12.1 Å². The van der Waals surface area contributed by atoms with E-state index < -0.39 is 17.3 Å². The predicted octanol–water partition coefficient (Wildman–Crippen LogP) is 4.18. The summed E-state index contributed by atoms with van der Waals surface area (Å²) in [6, 6.07) is 8.87. The lowest BCUT2D eigenvalue weighted by Crippen LogP contribution is -2.47. The molecule has 1 amide bonds. The van der Waals surface area contributed by atoms with Crippen LogP contribution in [0.2, 0.25) is 0 Å². The number of nitrogens with zero attached hydrogens (tertiary/aromatic N) is 1. The quantitative estimate of drug-likeness (QED) is 0.779. The van der Waals surface area contributed by atoms with Gasteiger partial charge in [0.2, 0.25) is 5.91 Å². The molecule has 2 aliphatic rings. The van der Waals surface area contributed by atoms with Gasteiger partial charge in [0, 0.05) is 12.2 Å². The maximum absolute atomic E-state index is 12.8. The Bertz CT molecular complexity index is 885. The van der Waals surface area contributed by atoms with Gasteiger partial charge in [-0.3, -0.25) is 15.1 Å². The van der Waals surface area contributed by atoms with Crippen molar-refractivity contribution >= 4 is 18.3 Å². The van der Waals surface area contributed by atoms with Gasteiger partial charge in [-0.15, -0.1) is 12.4 Å². The van der Waals surface area contributed by atoms with Crippen molar-refractivity contribution in [2.45, 2.75) is 43.9 Å². The van der Waals surface area contributed by atoms with Crippen LogP contribution >= 0.6 is 12.4 Å². The molecule has 2 saturated heterocycles. The molecular formula is C20H21ClF3N3O. The van der Waals surface area contributed by atoms with Crippen molar-refractivity contribution in [3.8, 4) is 11.1 Å². The van der Waals surface area contributed by atoms with Crippen molar-refractivity contribution in [2.75, 3.05) is 6.54 Å². The number of hydrogen-bond acceptors (Lipinski definition) is 3. The van der Waals surface area contributed by atoms with Crippen LogP contribution in [0.4, 0.5) is 13.2 Å². The molecule has 8 heteroatoms. The molecule has 2 fully saturated rings.